The van der Waals surface area contributed by atoms with Gasteiger partial charge in [0.25, 0.3) is 0 Å². The zero-order valence-corrected chi connectivity index (χ0v) is 42.7. The number of fused-ring (bicyclic) bond motifs is 2. The molecule has 2 aromatic carbocycles. The predicted octanol–water partition coefficient (Wildman–Crippen LogP) is -2.77. The molecule has 20 heteroatoms. The van der Waals surface area contributed by atoms with Gasteiger partial charge in [-0.15, -0.1) is 35.9 Å². The van der Waals surface area contributed by atoms with Crippen LogP contribution in [0.3, 0.4) is 0 Å². The number of ether oxygens (including phenoxy) is 4. The Morgan fingerprint density at radius 2 is 1.08 bits per heavy atom. The Morgan fingerprint density at radius 1 is 0.700 bits per heavy atom. The number of benzene rings is 2. The van der Waals surface area contributed by atoms with Gasteiger partial charge >= 0.3 is 77.0 Å². The van der Waals surface area contributed by atoms with Gasteiger partial charge in [0, 0.05) is 32.7 Å². The van der Waals surface area contributed by atoms with Gasteiger partial charge in [-0.25, -0.2) is 14.4 Å². The number of carbonyl (C=O) groups excluding carboxylic acids is 3. The first-order chi connectivity index (χ1) is 26.5. The molecule has 316 valence electrons. The van der Waals surface area contributed by atoms with Gasteiger partial charge in [-0.05, 0) is 72.9 Å². The maximum atomic E-state index is 12.2. The molecule has 60 heavy (non-hydrogen) atoms. The smallest absolute Gasteiger partial charge is 1.00 e. The molecule has 0 spiro atoms. The zero-order chi connectivity index (χ0) is 40.9. The SMILES string of the molecule is COC(=O)c1cc(OC)ccc1NC1=C2SCC(C(=O)O)N=C2CC(C)(C)C1.COC(=O)c1cc(OC)ccc1NC1=C2SCC(C(=O)[O-])N=C2CC(C)(C)C1.Cl.[Cl-].[Na+].[Na+]. The van der Waals surface area contributed by atoms with Gasteiger partial charge in [0.05, 0.1) is 74.4 Å². The molecule has 0 aromatic heterocycles. The number of aliphatic carboxylic acids is 2. The molecule has 2 aliphatic carbocycles. The summed E-state index contributed by atoms with van der Waals surface area (Å²) < 4.78 is 20.2. The van der Waals surface area contributed by atoms with Crippen LogP contribution in [0.1, 0.15) is 74.1 Å². The number of esters is 2. The van der Waals surface area contributed by atoms with E-state index in [2.05, 4.69) is 48.3 Å². The third-order valence-electron chi connectivity index (χ3n) is 9.46. The first kappa shape index (κ1) is 55.6. The number of hydrogen-bond donors (Lipinski definition) is 3. The molecule has 4 aliphatic rings. The minimum atomic E-state index is -1.15. The molecule has 0 saturated carbocycles. The number of carboxylic acids is 2. The normalized spacial score (nSPS) is 19.3. The van der Waals surface area contributed by atoms with Crippen LogP contribution in [-0.4, -0.2) is 92.4 Å². The number of anilines is 2. The molecular formula is C40H48Cl2N4Na2O10S2. The van der Waals surface area contributed by atoms with E-state index in [1.165, 1.54) is 52.0 Å². The molecule has 2 aromatic rings. The second kappa shape index (κ2) is 23.9. The number of methoxy groups -OCH3 is 4. The van der Waals surface area contributed by atoms with E-state index in [0.717, 1.165) is 51.9 Å². The first-order valence-electron chi connectivity index (χ1n) is 17.8. The van der Waals surface area contributed by atoms with E-state index in [9.17, 15) is 29.4 Å². The van der Waals surface area contributed by atoms with Crippen molar-refractivity contribution in [3.05, 3.63) is 68.7 Å². The largest absolute Gasteiger partial charge is 1.00 e. The van der Waals surface area contributed by atoms with Crippen LogP contribution in [-0.2, 0) is 19.1 Å². The van der Waals surface area contributed by atoms with Crippen LogP contribution in [0, 0.1) is 10.8 Å². The van der Waals surface area contributed by atoms with Crippen molar-refractivity contribution in [2.24, 2.45) is 20.8 Å². The number of thioether (sulfide) groups is 2. The van der Waals surface area contributed by atoms with Gasteiger partial charge < -0.3 is 57.0 Å². The second-order valence-electron chi connectivity index (χ2n) is 15.2. The summed E-state index contributed by atoms with van der Waals surface area (Å²) in [6.07, 6.45) is 2.92. The summed E-state index contributed by atoms with van der Waals surface area (Å²) in [4.78, 5) is 57.9. The number of nitrogens with zero attached hydrogens (tertiary/aromatic N) is 2. The standard InChI is InChI=1S/2C20H24N2O5S.2ClH.2Na/c2*1-20(2)8-14(17-15(9-20)22-16(10-28-17)18(23)24)21-13-6-5-11(26-3)7-12(13)19(25)27-4;;;;/h2*5-7,16,21H,8-10H2,1-4H3,(H,23,24);2*1H;;/q;;;;2*+1/p-2. The summed E-state index contributed by atoms with van der Waals surface area (Å²) in [5.41, 5.74) is 5.24. The Kier molecular flexibility index (Phi) is 22.2. The number of carboxylic acid groups (broad SMARTS) is 2. The topological polar surface area (TPSA) is 197 Å². The maximum Gasteiger partial charge on any atom is 1.00 e. The van der Waals surface area contributed by atoms with Crippen LogP contribution in [0.4, 0.5) is 11.4 Å². The van der Waals surface area contributed by atoms with Crippen LogP contribution in [0.5, 0.6) is 11.5 Å². The number of carbonyl (C=O) groups is 4. The Bertz CT molecular complexity index is 1920. The monoisotopic (exact) mass is 924 g/mol. The molecule has 0 radical (unpaired) electrons. The summed E-state index contributed by atoms with van der Waals surface area (Å²) >= 11 is 2.97. The molecule has 3 N–H and O–H groups in total. The van der Waals surface area contributed by atoms with Crippen molar-refractivity contribution in [1.29, 1.82) is 0 Å². The minimum Gasteiger partial charge on any atom is -1.00 e. The van der Waals surface area contributed by atoms with Crippen molar-refractivity contribution in [3.63, 3.8) is 0 Å². The van der Waals surface area contributed by atoms with Gasteiger partial charge in [0.15, 0.2) is 6.04 Å². The number of rotatable bonds is 10. The molecule has 0 amide bonds. The van der Waals surface area contributed by atoms with E-state index in [-0.39, 0.29) is 94.8 Å². The van der Waals surface area contributed by atoms with E-state index in [1.54, 1.807) is 36.4 Å². The number of allylic oxidation sites excluding steroid dienone is 4. The zero-order valence-electron chi connectivity index (χ0n) is 35.5. The molecule has 6 rings (SSSR count). The second-order valence-corrected chi connectivity index (χ2v) is 17.2. The van der Waals surface area contributed by atoms with Crippen molar-refractivity contribution in [2.45, 2.75) is 65.5 Å². The van der Waals surface area contributed by atoms with Crippen molar-refractivity contribution < 1.29 is 120 Å². The first-order valence-corrected chi connectivity index (χ1v) is 19.8. The van der Waals surface area contributed by atoms with Crippen LogP contribution in [0.25, 0.3) is 0 Å². The number of hydrogen-bond acceptors (Lipinski definition) is 15. The maximum absolute atomic E-state index is 12.2. The molecule has 0 bridgehead atoms. The molecule has 2 heterocycles. The van der Waals surface area contributed by atoms with Crippen LogP contribution in [0.15, 0.2) is 67.6 Å². The van der Waals surface area contributed by atoms with E-state index >= 15 is 0 Å². The summed E-state index contributed by atoms with van der Waals surface area (Å²) in [7, 11) is 5.74. The molecule has 2 atom stereocenters. The Hall–Kier alpha value is -2.38. The average molecular weight is 926 g/mol. The van der Waals surface area contributed by atoms with Gasteiger partial charge in [-0.1, -0.05) is 27.7 Å². The van der Waals surface area contributed by atoms with E-state index in [4.69, 9.17) is 18.9 Å². The summed E-state index contributed by atoms with van der Waals surface area (Å²) in [6.45, 7) is 8.46. The van der Waals surface area contributed by atoms with E-state index in [0.29, 0.717) is 51.9 Å². The number of nitrogens with one attached hydrogen (secondary N) is 2. The molecule has 2 unspecified atom stereocenters. The molecule has 2 aliphatic heterocycles. The third kappa shape index (κ3) is 13.8. The van der Waals surface area contributed by atoms with Crippen molar-refractivity contribution >= 4 is 82.6 Å². The van der Waals surface area contributed by atoms with Gasteiger partial charge in [0.1, 0.15) is 11.5 Å². The summed E-state index contributed by atoms with van der Waals surface area (Å²) in [5.74, 6) is -1.14. The minimum absolute atomic E-state index is 0. The van der Waals surface area contributed by atoms with E-state index < -0.39 is 36.0 Å². The van der Waals surface area contributed by atoms with Crippen molar-refractivity contribution in [2.75, 3.05) is 50.6 Å². The fraction of sp³-hybridized carbons (Fsp3) is 0.450. The Morgan fingerprint density at radius 3 is 1.43 bits per heavy atom. The molecule has 14 nitrogen and oxygen atoms in total. The quantitative estimate of drug-likeness (QED) is 0.164. The Balaban J connectivity index is 0.000000562. The van der Waals surface area contributed by atoms with E-state index in [1.807, 2.05) is 0 Å². The fourth-order valence-corrected chi connectivity index (χ4v) is 9.09. The molecular weight excluding hydrogens is 877 g/mol. The average Bonchev–Trinajstić information content (AvgIpc) is 3.16. The van der Waals surface area contributed by atoms with Crippen LogP contribution in [0.2, 0.25) is 0 Å². The third-order valence-corrected chi connectivity index (χ3v) is 12.0. The van der Waals surface area contributed by atoms with Crippen LogP contribution >= 0.6 is 35.9 Å². The van der Waals surface area contributed by atoms with Crippen LogP contribution < -0.4 is 96.7 Å². The van der Waals surface area contributed by atoms with Crippen molar-refractivity contribution in [3.8, 4) is 11.5 Å². The predicted molar refractivity (Wildman–Crippen MR) is 223 cm³/mol. The van der Waals surface area contributed by atoms with Gasteiger partial charge in [0.2, 0.25) is 0 Å². The van der Waals surface area contributed by atoms with Gasteiger partial charge in [-0.2, -0.15) is 0 Å². The molecule has 0 fully saturated rings. The number of halogens is 2. The summed E-state index contributed by atoms with van der Waals surface area (Å²) in [5, 5.41) is 27.3. The number of aliphatic imine (C=N–C) groups is 2. The fourth-order valence-electron chi connectivity index (χ4n) is 6.83. The van der Waals surface area contributed by atoms with Gasteiger partial charge in [-0.3, -0.25) is 9.98 Å². The van der Waals surface area contributed by atoms with Crippen molar-refractivity contribution in [1.82, 2.24) is 0 Å². The molecule has 0 saturated heterocycles. The summed E-state index contributed by atoms with van der Waals surface area (Å²) in [6, 6.07) is 8.81. The Labute approximate surface area is 415 Å².